The van der Waals surface area contributed by atoms with Crippen molar-refractivity contribution < 1.29 is 27.7 Å². The molecule has 0 bridgehead atoms. The van der Waals surface area contributed by atoms with Crippen molar-refractivity contribution in [1.82, 2.24) is 5.32 Å². The van der Waals surface area contributed by atoms with E-state index in [4.69, 9.17) is 0 Å². The summed E-state index contributed by atoms with van der Waals surface area (Å²) in [5, 5.41) is 11.6. The van der Waals surface area contributed by atoms with E-state index in [1.807, 2.05) is 5.32 Å². The molecule has 7 nitrogen and oxygen atoms in total. The van der Waals surface area contributed by atoms with Gasteiger partial charge in [-0.25, -0.2) is 8.42 Å². The molecular weight excluding hydrogens is 262 g/mol. The van der Waals surface area contributed by atoms with Crippen LogP contribution in [0.1, 0.15) is 6.92 Å². The Kier molecular flexibility index (Phi) is 6.61. The van der Waals surface area contributed by atoms with Gasteiger partial charge >= 0.3 is 0 Å². The van der Waals surface area contributed by atoms with E-state index >= 15 is 0 Å². The van der Waals surface area contributed by atoms with Crippen LogP contribution in [-0.2, 0) is 19.7 Å². The highest BCUT2D eigenvalue weighted by Crippen LogP contribution is 2.04. The quantitative estimate of drug-likeness (QED) is 0.665. The summed E-state index contributed by atoms with van der Waals surface area (Å²) < 4.78 is 30.8. The predicted molar refractivity (Wildman–Crippen MR) is 58.1 cm³/mol. The largest absolute Gasteiger partial charge is 0.744 e. The zero-order valence-corrected chi connectivity index (χ0v) is 10.3. The molecule has 1 rings (SSSR count). The lowest BCUT2D eigenvalue weighted by Gasteiger charge is -2.04. The van der Waals surface area contributed by atoms with E-state index in [1.165, 1.54) is 31.2 Å². The maximum Gasteiger partial charge on any atom is 0.217 e. The molecule has 0 radical (unpaired) electrons. The molecule has 0 heterocycles. The molecule has 1 aromatic carbocycles. The molecule has 0 atom stereocenters. The van der Waals surface area contributed by atoms with Gasteiger partial charge in [-0.2, -0.15) is 0 Å². The first kappa shape index (κ1) is 16.1. The number of nitrogens with one attached hydrogen (secondary N) is 1. The summed E-state index contributed by atoms with van der Waals surface area (Å²) in [5.74, 6) is -1.64. The fourth-order valence-electron chi connectivity index (χ4n) is 0.784. The van der Waals surface area contributed by atoms with Crippen LogP contribution in [0.4, 0.5) is 0 Å². The van der Waals surface area contributed by atoms with Crippen molar-refractivity contribution in [2.45, 2.75) is 11.8 Å². The van der Waals surface area contributed by atoms with Crippen molar-refractivity contribution in [3.63, 3.8) is 0 Å². The molecular formula is C10H11NO6S-2. The second-order valence-corrected chi connectivity index (χ2v) is 4.43. The minimum absolute atomic E-state index is 0.185. The smallest absolute Gasteiger partial charge is 0.217 e. The lowest BCUT2D eigenvalue weighted by atomic mass is 10.4. The molecule has 0 saturated carbocycles. The van der Waals surface area contributed by atoms with Crippen molar-refractivity contribution in [2.75, 3.05) is 6.54 Å². The van der Waals surface area contributed by atoms with Gasteiger partial charge in [-0.05, 0) is 12.1 Å². The second kappa shape index (κ2) is 7.41. The standard InChI is InChI=1S/C6H6O3S.C4H7NO3/c7-10(8,9)6-4-2-1-3-5-6;1-3(6)5-2-4(7)8/h1-5H,(H,7,8,9);2H2,1H3,(H,5,6)(H,7,8)/p-2. The number of hydrogen-bond donors (Lipinski definition) is 1. The van der Waals surface area contributed by atoms with Crippen LogP contribution in [0.25, 0.3) is 0 Å². The summed E-state index contributed by atoms with van der Waals surface area (Å²) in [6, 6.07) is 7.19. The van der Waals surface area contributed by atoms with E-state index < -0.39 is 22.6 Å². The van der Waals surface area contributed by atoms with Crippen LogP contribution in [0.3, 0.4) is 0 Å². The summed E-state index contributed by atoms with van der Waals surface area (Å²) in [6.45, 7) is 0.832. The van der Waals surface area contributed by atoms with Gasteiger partial charge in [-0.3, -0.25) is 4.79 Å². The zero-order chi connectivity index (χ0) is 14.2. The maximum atomic E-state index is 10.3. The van der Waals surface area contributed by atoms with E-state index in [9.17, 15) is 27.7 Å². The summed E-state index contributed by atoms with van der Waals surface area (Å²) in [5.41, 5.74) is 0. The van der Waals surface area contributed by atoms with Crippen molar-refractivity contribution in [3.05, 3.63) is 30.3 Å². The molecule has 0 aromatic heterocycles. The summed E-state index contributed by atoms with van der Waals surface area (Å²) in [7, 11) is -4.25. The Bertz CT molecular complexity index is 482. The third-order valence-corrected chi connectivity index (χ3v) is 2.36. The van der Waals surface area contributed by atoms with Gasteiger partial charge < -0.3 is 19.8 Å². The molecule has 1 amide bonds. The number of aliphatic carboxylic acids is 1. The van der Waals surface area contributed by atoms with Crippen molar-refractivity contribution in [2.24, 2.45) is 0 Å². The van der Waals surface area contributed by atoms with Gasteiger partial charge in [-0.15, -0.1) is 0 Å². The first-order valence-electron chi connectivity index (χ1n) is 4.68. The number of carbonyl (C=O) groups is 2. The minimum Gasteiger partial charge on any atom is -0.744 e. The molecule has 100 valence electrons. The van der Waals surface area contributed by atoms with E-state index in [1.54, 1.807) is 6.07 Å². The maximum absolute atomic E-state index is 10.3. The molecule has 0 spiro atoms. The minimum atomic E-state index is -4.25. The van der Waals surface area contributed by atoms with Crippen molar-refractivity contribution >= 4 is 22.0 Å². The molecule has 0 saturated heterocycles. The molecule has 8 heteroatoms. The summed E-state index contributed by atoms with van der Waals surface area (Å²) in [6.07, 6.45) is 0. The Morgan fingerprint density at radius 1 is 1.22 bits per heavy atom. The van der Waals surface area contributed by atoms with Gasteiger partial charge in [0.15, 0.2) is 0 Å². The Hall–Kier alpha value is -1.93. The van der Waals surface area contributed by atoms with E-state index in [0.29, 0.717) is 0 Å². The number of benzene rings is 1. The molecule has 0 unspecified atom stereocenters. The average Bonchev–Trinajstić information content (AvgIpc) is 2.27. The van der Waals surface area contributed by atoms with Gasteiger partial charge in [-0.1, -0.05) is 18.2 Å². The normalized spacial score (nSPS) is 9.89. The highest BCUT2D eigenvalue weighted by Gasteiger charge is 1.95. The van der Waals surface area contributed by atoms with E-state index in [2.05, 4.69) is 0 Å². The molecule has 0 aliphatic heterocycles. The van der Waals surface area contributed by atoms with Gasteiger partial charge in [0.2, 0.25) is 5.91 Å². The van der Waals surface area contributed by atoms with Gasteiger partial charge in [0.05, 0.1) is 17.4 Å². The first-order valence-corrected chi connectivity index (χ1v) is 6.09. The first-order chi connectivity index (χ1) is 8.23. The Balaban J connectivity index is 0.000000331. The molecule has 1 N–H and O–H groups in total. The fourth-order valence-corrected chi connectivity index (χ4v) is 1.27. The highest BCUT2D eigenvalue weighted by atomic mass is 32.2. The summed E-state index contributed by atoms with van der Waals surface area (Å²) in [4.78, 5) is 19.3. The van der Waals surface area contributed by atoms with E-state index in [0.717, 1.165) is 0 Å². The van der Waals surface area contributed by atoms with Crippen LogP contribution in [0, 0.1) is 0 Å². The van der Waals surface area contributed by atoms with Crippen molar-refractivity contribution in [3.8, 4) is 0 Å². The zero-order valence-electron chi connectivity index (χ0n) is 9.45. The monoisotopic (exact) mass is 273 g/mol. The molecule has 0 aliphatic carbocycles. The lowest BCUT2D eigenvalue weighted by molar-refractivity contribution is -0.304. The number of rotatable bonds is 3. The number of carboxylic acid groups (broad SMARTS) is 1. The van der Waals surface area contributed by atoms with Crippen LogP contribution < -0.4 is 10.4 Å². The molecule has 18 heavy (non-hydrogen) atoms. The van der Waals surface area contributed by atoms with E-state index in [-0.39, 0.29) is 10.8 Å². The average molecular weight is 273 g/mol. The SMILES string of the molecule is CC(=O)NCC(=O)[O-].O=S(=O)([O-])c1ccccc1. The highest BCUT2D eigenvalue weighted by molar-refractivity contribution is 7.85. The summed E-state index contributed by atoms with van der Waals surface area (Å²) >= 11 is 0. The van der Waals surface area contributed by atoms with Crippen LogP contribution >= 0.6 is 0 Å². The van der Waals surface area contributed by atoms with Crippen molar-refractivity contribution in [1.29, 1.82) is 0 Å². The molecule has 0 fully saturated rings. The van der Waals surface area contributed by atoms with Crippen LogP contribution in [0.2, 0.25) is 0 Å². The number of amides is 1. The third kappa shape index (κ3) is 8.25. The number of hydrogen-bond acceptors (Lipinski definition) is 6. The molecule has 1 aromatic rings. The lowest BCUT2D eigenvalue weighted by Crippen LogP contribution is -2.36. The van der Waals surface area contributed by atoms with Crippen LogP contribution in [0.5, 0.6) is 0 Å². The fraction of sp³-hybridized carbons (Fsp3) is 0.200. The van der Waals surface area contributed by atoms with Gasteiger partial charge in [0.25, 0.3) is 0 Å². The van der Waals surface area contributed by atoms with Crippen LogP contribution in [0.15, 0.2) is 35.2 Å². The van der Waals surface area contributed by atoms with Gasteiger partial charge in [0, 0.05) is 6.92 Å². The third-order valence-electron chi connectivity index (χ3n) is 1.51. The predicted octanol–water partition coefficient (Wildman–Crippen LogP) is -1.54. The second-order valence-electron chi connectivity index (χ2n) is 3.05. The number of carboxylic acids is 1. The number of carbonyl (C=O) groups excluding carboxylic acids is 2. The Labute approximate surface area is 104 Å². The van der Waals surface area contributed by atoms with Gasteiger partial charge in [0.1, 0.15) is 10.1 Å². The Morgan fingerprint density at radius 3 is 1.94 bits per heavy atom. The Morgan fingerprint density at radius 2 is 1.72 bits per heavy atom. The van der Waals surface area contributed by atoms with Crippen LogP contribution in [-0.4, -0.2) is 31.4 Å². The molecule has 0 aliphatic rings. The topological polar surface area (TPSA) is 126 Å².